The van der Waals surface area contributed by atoms with Gasteiger partial charge in [0.15, 0.2) is 0 Å². The van der Waals surface area contributed by atoms with Crippen LogP contribution in [0.15, 0.2) is 41.3 Å². The third-order valence-electron chi connectivity index (χ3n) is 3.53. The molecule has 8 nitrogen and oxygen atoms in total. The third-order valence-corrected chi connectivity index (χ3v) is 5.27. The molecule has 0 heterocycles. The van der Waals surface area contributed by atoms with Crippen molar-refractivity contribution in [1.29, 1.82) is 0 Å². The molecule has 146 valence electrons. The van der Waals surface area contributed by atoms with Crippen molar-refractivity contribution < 1.29 is 17.7 Å². The van der Waals surface area contributed by atoms with Crippen molar-refractivity contribution in [2.45, 2.75) is 4.90 Å². The number of hydrogen-bond acceptors (Lipinski definition) is 6. The van der Waals surface area contributed by atoms with Crippen LogP contribution in [0.2, 0.25) is 5.02 Å². The summed E-state index contributed by atoms with van der Waals surface area (Å²) < 4.78 is 40.2. The van der Waals surface area contributed by atoms with Crippen molar-refractivity contribution in [2.24, 2.45) is 0 Å². The van der Waals surface area contributed by atoms with Gasteiger partial charge < -0.3 is 10.2 Å². The number of nitro benzene ring substituents is 1. The Morgan fingerprint density at radius 2 is 1.93 bits per heavy atom. The fourth-order valence-electron chi connectivity index (χ4n) is 2.15. The van der Waals surface area contributed by atoms with Gasteiger partial charge in [0.2, 0.25) is 10.0 Å². The zero-order valence-electron chi connectivity index (χ0n) is 14.6. The molecule has 0 radical (unpaired) electrons. The predicted molar refractivity (Wildman–Crippen MR) is 102 cm³/mol. The Morgan fingerprint density at radius 3 is 2.52 bits per heavy atom. The standard InChI is InChI=1S/C16H18ClFN4O4S/c1-21(2)8-7-19-27(25,26)12-4-6-15(16(10-12)22(23)24)20-11-3-5-14(18)13(17)9-11/h3-6,9-10,19-20H,7-8H2,1-2H3. The van der Waals surface area contributed by atoms with E-state index in [4.69, 9.17) is 11.6 Å². The maximum atomic E-state index is 13.2. The molecule has 0 spiro atoms. The highest BCUT2D eigenvalue weighted by Crippen LogP contribution is 2.31. The van der Waals surface area contributed by atoms with E-state index in [1.54, 1.807) is 19.0 Å². The predicted octanol–water partition coefficient (Wildman–Crippen LogP) is 2.97. The van der Waals surface area contributed by atoms with Crippen LogP contribution in [0, 0.1) is 15.9 Å². The van der Waals surface area contributed by atoms with Crippen LogP contribution in [-0.4, -0.2) is 45.4 Å². The van der Waals surface area contributed by atoms with Crippen LogP contribution < -0.4 is 10.0 Å². The molecule has 27 heavy (non-hydrogen) atoms. The van der Waals surface area contributed by atoms with Crippen molar-refractivity contribution in [1.82, 2.24) is 9.62 Å². The lowest BCUT2D eigenvalue weighted by atomic mass is 10.2. The van der Waals surface area contributed by atoms with Gasteiger partial charge in [0.25, 0.3) is 5.69 Å². The van der Waals surface area contributed by atoms with Gasteiger partial charge >= 0.3 is 0 Å². The summed E-state index contributed by atoms with van der Waals surface area (Å²) in [5.41, 5.74) is -0.0648. The average Bonchev–Trinajstić information content (AvgIpc) is 2.57. The smallest absolute Gasteiger partial charge is 0.294 e. The van der Waals surface area contributed by atoms with Gasteiger partial charge in [0.05, 0.1) is 14.8 Å². The monoisotopic (exact) mass is 416 g/mol. The Morgan fingerprint density at radius 1 is 1.22 bits per heavy atom. The molecule has 2 rings (SSSR count). The minimum absolute atomic E-state index is 0.0508. The van der Waals surface area contributed by atoms with E-state index in [0.29, 0.717) is 12.2 Å². The molecule has 11 heteroatoms. The molecule has 0 aliphatic rings. The normalized spacial score (nSPS) is 11.6. The lowest BCUT2D eigenvalue weighted by molar-refractivity contribution is -0.384. The van der Waals surface area contributed by atoms with Gasteiger partial charge in [-0.25, -0.2) is 17.5 Å². The number of likely N-dealkylation sites (N-methyl/N-ethyl adjacent to an activating group) is 1. The largest absolute Gasteiger partial charge is 0.350 e. The van der Waals surface area contributed by atoms with Crippen LogP contribution in [0.3, 0.4) is 0 Å². The summed E-state index contributed by atoms with van der Waals surface area (Å²) in [6.07, 6.45) is 0. The van der Waals surface area contributed by atoms with E-state index in [9.17, 15) is 22.9 Å². The molecular formula is C16H18ClFN4O4S. The topological polar surface area (TPSA) is 105 Å². The van der Waals surface area contributed by atoms with E-state index < -0.39 is 26.5 Å². The Kier molecular flexibility index (Phi) is 6.71. The van der Waals surface area contributed by atoms with Gasteiger partial charge in [-0.1, -0.05) is 11.6 Å². The quantitative estimate of drug-likeness (QED) is 0.506. The maximum Gasteiger partial charge on any atom is 0.294 e. The van der Waals surface area contributed by atoms with Gasteiger partial charge in [-0.05, 0) is 44.4 Å². The van der Waals surface area contributed by atoms with Crippen LogP contribution in [-0.2, 0) is 10.0 Å². The molecule has 0 saturated heterocycles. The number of nitrogens with zero attached hydrogens (tertiary/aromatic N) is 2. The molecule has 0 bridgehead atoms. The molecule has 0 aliphatic heterocycles. The second kappa shape index (κ2) is 8.61. The second-order valence-electron chi connectivity index (χ2n) is 5.89. The number of halogens is 2. The number of nitrogens with one attached hydrogen (secondary N) is 2. The highest BCUT2D eigenvalue weighted by Gasteiger charge is 2.21. The van der Waals surface area contributed by atoms with Gasteiger partial charge in [0.1, 0.15) is 11.5 Å². The Balaban J connectivity index is 2.30. The first kappa shape index (κ1) is 21.0. The van der Waals surface area contributed by atoms with Crippen LogP contribution in [0.1, 0.15) is 0 Å². The first-order chi connectivity index (χ1) is 12.6. The number of sulfonamides is 1. The second-order valence-corrected chi connectivity index (χ2v) is 8.07. The van der Waals surface area contributed by atoms with E-state index in [0.717, 1.165) is 12.1 Å². The molecule has 0 saturated carbocycles. The van der Waals surface area contributed by atoms with Crippen LogP contribution in [0.25, 0.3) is 0 Å². The summed E-state index contributed by atoms with van der Waals surface area (Å²) in [6, 6.07) is 7.23. The van der Waals surface area contributed by atoms with E-state index in [2.05, 4.69) is 10.0 Å². The first-order valence-electron chi connectivity index (χ1n) is 7.75. The first-order valence-corrected chi connectivity index (χ1v) is 9.61. The van der Waals surface area contributed by atoms with E-state index in [1.807, 2.05) is 0 Å². The third kappa shape index (κ3) is 5.60. The molecule has 0 aliphatic carbocycles. The van der Waals surface area contributed by atoms with Crippen molar-refractivity contribution >= 4 is 38.7 Å². The number of anilines is 2. The molecule has 2 aromatic rings. The Hall–Kier alpha value is -2.27. The summed E-state index contributed by atoms with van der Waals surface area (Å²) in [5, 5.41) is 14.0. The molecule has 0 amide bonds. The Bertz CT molecular complexity index is 953. The summed E-state index contributed by atoms with van der Waals surface area (Å²) in [7, 11) is -0.308. The summed E-state index contributed by atoms with van der Waals surface area (Å²) in [5.74, 6) is -0.623. The highest BCUT2D eigenvalue weighted by atomic mass is 35.5. The lowest BCUT2D eigenvalue weighted by Crippen LogP contribution is -2.31. The van der Waals surface area contributed by atoms with Crippen molar-refractivity contribution in [2.75, 3.05) is 32.5 Å². The summed E-state index contributed by atoms with van der Waals surface area (Å²) in [4.78, 5) is 12.2. The number of benzene rings is 2. The van der Waals surface area contributed by atoms with E-state index in [-0.39, 0.29) is 22.2 Å². The minimum atomic E-state index is -3.89. The zero-order valence-corrected chi connectivity index (χ0v) is 16.1. The van der Waals surface area contributed by atoms with Gasteiger partial charge in [-0.15, -0.1) is 0 Å². The average molecular weight is 417 g/mol. The van der Waals surface area contributed by atoms with Gasteiger partial charge in [0, 0.05) is 24.8 Å². The number of hydrogen-bond donors (Lipinski definition) is 2. The fourth-order valence-corrected chi connectivity index (χ4v) is 3.37. The lowest BCUT2D eigenvalue weighted by Gasteiger charge is -2.12. The van der Waals surface area contributed by atoms with Crippen molar-refractivity contribution in [3.63, 3.8) is 0 Å². The fraction of sp³-hybridized carbons (Fsp3) is 0.250. The van der Waals surface area contributed by atoms with Crippen LogP contribution in [0.5, 0.6) is 0 Å². The molecule has 2 N–H and O–H groups in total. The van der Waals surface area contributed by atoms with Crippen molar-refractivity contribution in [3.05, 3.63) is 57.4 Å². The highest BCUT2D eigenvalue weighted by molar-refractivity contribution is 7.89. The number of nitro groups is 1. The minimum Gasteiger partial charge on any atom is -0.350 e. The van der Waals surface area contributed by atoms with Gasteiger partial charge in [-0.3, -0.25) is 10.1 Å². The molecule has 0 aromatic heterocycles. The van der Waals surface area contributed by atoms with Crippen molar-refractivity contribution in [3.8, 4) is 0 Å². The zero-order chi connectivity index (χ0) is 20.2. The van der Waals surface area contributed by atoms with Gasteiger partial charge in [-0.2, -0.15) is 0 Å². The number of rotatable bonds is 8. The molecule has 0 atom stereocenters. The van der Waals surface area contributed by atoms with E-state index in [1.165, 1.54) is 24.3 Å². The molecule has 0 unspecified atom stereocenters. The molecule has 2 aromatic carbocycles. The SMILES string of the molecule is CN(C)CCNS(=O)(=O)c1ccc(Nc2ccc(F)c(Cl)c2)c([N+](=O)[O-])c1. The van der Waals surface area contributed by atoms with E-state index >= 15 is 0 Å². The van der Waals surface area contributed by atoms with Crippen LogP contribution in [0.4, 0.5) is 21.5 Å². The summed E-state index contributed by atoms with van der Waals surface area (Å²) in [6.45, 7) is 0.642. The maximum absolute atomic E-state index is 13.2. The Labute approximate surface area is 161 Å². The summed E-state index contributed by atoms with van der Waals surface area (Å²) >= 11 is 5.70. The van der Waals surface area contributed by atoms with Crippen LogP contribution >= 0.6 is 11.6 Å². The molecule has 0 fully saturated rings. The molecular weight excluding hydrogens is 399 g/mol.